The average Bonchev–Trinajstić information content (AvgIpc) is 2.83. The molecule has 0 saturated heterocycles. The normalized spacial score (nSPS) is 10.9. The van der Waals surface area contributed by atoms with Crippen molar-refractivity contribution in [3.8, 4) is 0 Å². The number of nitrogens with one attached hydrogen (secondary N) is 1. The predicted octanol–water partition coefficient (Wildman–Crippen LogP) is 1.19. The van der Waals surface area contributed by atoms with Crippen LogP contribution in [0.3, 0.4) is 0 Å². The van der Waals surface area contributed by atoms with E-state index in [1.807, 2.05) is 6.92 Å². The first-order valence-corrected chi connectivity index (χ1v) is 7.49. The molecule has 0 aliphatic rings. The Morgan fingerprint density at radius 1 is 1.25 bits per heavy atom. The summed E-state index contributed by atoms with van der Waals surface area (Å²) in [6.07, 6.45) is 1.54. The zero-order chi connectivity index (χ0) is 14.5. The van der Waals surface area contributed by atoms with Crippen molar-refractivity contribution < 1.29 is 0 Å². The van der Waals surface area contributed by atoms with Crippen molar-refractivity contribution in [3.05, 3.63) is 55.0 Å². The molecule has 0 aliphatic heterocycles. The molecule has 0 fully saturated rings. The molecule has 0 aromatic carbocycles. The van der Waals surface area contributed by atoms with Gasteiger partial charge in [-0.2, -0.15) is 0 Å². The summed E-state index contributed by atoms with van der Waals surface area (Å²) in [4.78, 5) is 26.2. The molecule has 0 spiro atoms. The van der Waals surface area contributed by atoms with Crippen LogP contribution in [0.2, 0.25) is 0 Å². The van der Waals surface area contributed by atoms with Crippen molar-refractivity contribution in [2.75, 3.05) is 6.54 Å². The fourth-order valence-electron chi connectivity index (χ4n) is 1.99. The van der Waals surface area contributed by atoms with E-state index in [4.69, 9.17) is 0 Å². The van der Waals surface area contributed by atoms with Gasteiger partial charge in [-0.3, -0.25) is 9.36 Å². The summed E-state index contributed by atoms with van der Waals surface area (Å²) in [5, 5.41) is 3.26. The molecule has 2 rings (SSSR count). The molecule has 2 heterocycles. The van der Waals surface area contributed by atoms with E-state index in [2.05, 4.69) is 24.4 Å². The summed E-state index contributed by atoms with van der Waals surface area (Å²) in [7, 11) is 0. The van der Waals surface area contributed by atoms with Gasteiger partial charge in [-0.25, -0.2) is 4.79 Å². The zero-order valence-corrected chi connectivity index (χ0v) is 12.6. The van der Waals surface area contributed by atoms with Crippen LogP contribution in [0.4, 0.5) is 0 Å². The molecule has 0 amide bonds. The first-order chi connectivity index (χ1) is 9.61. The van der Waals surface area contributed by atoms with Gasteiger partial charge in [0.25, 0.3) is 5.56 Å². The fourth-order valence-corrected chi connectivity index (χ4v) is 2.85. The Balaban J connectivity index is 1.94. The minimum atomic E-state index is -0.242. The summed E-state index contributed by atoms with van der Waals surface area (Å²) in [6, 6.07) is 5.61. The molecule has 20 heavy (non-hydrogen) atoms. The molecule has 0 atom stereocenters. The molecule has 0 unspecified atom stereocenters. The molecule has 2 aromatic heterocycles. The fraction of sp³-hybridized carbons (Fsp3) is 0.429. The van der Waals surface area contributed by atoms with Gasteiger partial charge in [0.15, 0.2) is 0 Å². The second kappa shape index (κ2) is 6.67. The van der Waals surface area contributed by atoms with E-state index in [0.717, 1.165) is 6.54 Å². The lowest BCUT2D eigenvalue weighted by Crippen LogP contribution is -2.40. The number of aryl methyl sites for hydroxylation is 2. The van der Waals surface area contributed by atoms with Gasteiger partial charge in [0.2, 0.25) is 0 Å². The van der Waals surface area contributed by atoms with E-state index >= 15 is 0 Å². The Labute approximate surface area is 121 Å². The van der Waals surface area contributed by atoms with Crippen LogP contribution < -0.4 is 16.6 Å². The summed E-state index contributed by atoms with van der Waals surface area (Å²) in [5.74, 6) is 0. The second-order valence-corrected chi connectivity index (χ2v) is 5.94. The highest BCUT2D eigenvalue weighted by molar-refractivity contribution is 7.11. The Bertz CT molecular complexity index is 684. The van der Waals surface area contributed by atoms with Gasteiger partial charge in [0.1, 0.15) is 0 Å². The Kier molecular flexibility index (Phi) is 4.92. The van der Waals surface area contributed by atoms with E-state index in [-0.39, 0.29) is 11.2 Å². The summed E-state index contributed by atoms with van der Waals surface area (Å²) >= 11 is 1.75. The summed E-state index contributed by atoms with van der Waals surface area (Å²) in [6.45, 7) is 6.28. The van der Waals surface area contributed by atoms with Crippen LogP contribution in [0.15, 0.2) is 34.0 Å². The van der Waals surface area contributed by atoms with Crippen molar-refractivity contribution >= 4 is 11.3 Å². The molecule has 0 saturated carbocycles. The topological polar surface area (TPSA) is 56.0 Å². The monoisotopic (exact) mass is 293 g/mol. The molecular weight excluding hydrogens is 274 g/mol. The van der Waals surface area contributed by atoms with Gasteiger partial charge in [0, 0.05) is 48.2 Å². The first kappa shape index (κ1) is 14.7. The third-order valence-electron chi connectivity index (χ3n) is 3.09. The molecule has 2 aromatic rings. The minimum Gasteiger partial charge on any atom is -0.310 e. The average molecular weight is 293 g/mol. The van der Waals surface area contributed by atoms with E-state index in [1.165, 1.54) is 25.0 Å². The van der Waals surface area contributed by atoms with Crippen molar-refractivity contribution in [1.82, 2.24) is 14.5 Å². The number of nitrogens with zero attached hydrogens (tertiary/aromatic N) is 2. The van der Waals surface area contributed by atoms with Crippen molar-refractivity contribution in [2.24, 2.45) is 0 Å². The molecule has 0 bridgehead atoms. The van der Waals surface area contributed by atoms with Crippen molar-refractivity contribution in [3.63, 3.8) is 0 Å². The van der Waals surface area contributed by atoms with Gasteiger partial charge in [0.05, 0.1) is 0 Å². The number of thiophene rings is 1. The SMILES string of the molecule is CCn1ccc(=O)n(CCNCc2ccc(C)s2)c1=O. The Morgan fingerprint density at radius 3 is 2.70 bits per heavy atom. The third-order valence-corrected chi connectivity index (χ3v) is 4.09. The Hall–Kier alpha value is -1.66. The number of rotatable bonds is 6. The molecule has 0 aliphatic carbocycles. The van der Waals surface area contributed by atoms with Gasteiger partial charge in [-0.1, -0.05) is 0 Å². The molecule has 0 radical (unpaired) electrons. The lowest BCUT2D eigenvalue weighted by Gasteiger charge is -2.08. The summed E-state index contributed by atoms with van der Waals surface area (Å²) < 4.78 is 2.81. The maximum Gasteiger partial charge on any atom is 0.330 e. The molecule has 6 heteroatoms. The molecule has 5 nitrogen and oxygen atoms in total. The van der Waals surface area contributed by atoms with Crippen LogP contribution in [0.25, 0.3) is 0 Å². The standard InChI is InChI=1S/C14H19N3O2S/c1-3-16-8-6-13(18)17(14(16)19)9-7-15-10-12-5-4-11(2)20-12/h4-6,8,15H,3,7,9-10H2,1-2H3. The van der Waals surface area contributed by atoms with Crippen LogP contribution in [0.5, 0.6) is 0 Å². The third kappa shape index (κ3) is 3.46. The maximum atomic E-state index is 12.0. The molecule has 108 valence electrons. The van der Waals surface area contributed by atoms with E-state index in [1.54, 1.807) is 17.5 Å². The van der Waals surface area contributed by atoms with Crippen molar-refractivity contribution in [1.29, 1.82) is 0 Å². The predicted molar refractivity (Wildman–Crippen MR) is 81.4 cm³/mol. The van der Waals surface area contributed by atoms with Gasteiger partial charge in [-0.15, -0.1) is 11.3 Å². The lowest BCUT2D eigenvalue weighted by atomic mass is 10.4. The Morgan fingerprint density at radius 2 is 2.05 bits per heavy atom. The van der Waals surface area contributed by atoms with E-state index < -0.39 is 0 Å². The van der Waals surface area contributed by atoms with Crippen LogP contribution >= 0.6 is 11.3 Å². The maximum absolute atomic E-state index is 12.0. The second-order valence-electron chi connectivity index (χ2n) is 4.56. The van der Waals surface area contributed by atoms with Gasteiger partial charge in [-0.05, 0) is 26.0 Å². The van der Waals surface area contributed by atoms with Crippen LogP contribution in [-0.4, -0.2) is 15.7 Å². The largest absolute Gasteiger partial charge is 0.330 e. The quantitative estimate of drug-likeness (QED) is 0.814. The molecule has 1 N–H and O–H groups in total. The highest BCUT2D eigenvalue weighted by atomic mass is 32.1. The van der Waals surface area contributed by atoms with Gasteiger partial charge >= 0.3 is 5.69 Å². The smallest absolute Gasteiger partial charge is 0.310 e. The van der Waals surface area contributed by atoms with Crippen LogP contribution in [0.1, 0.15) is 16.7 Å². The lowest BCUT2D eigenvalue weighted by molar-refractivity contribution is 0.532. The minimum absolute atomic E-state index is 0.242. The highest BCUT2D eigenvalue weighted by Gasteiger charge is 2.03. The summed E-state index contributed by atoms with van der Waals surface area (Å²) in [5.41, 5.74) is -0.484. The zero-order valence-electron chi connectivity index (χ0n) is 11.8. The number of hydrogen-bond acceptors (Lipinski definition) is 4. The van der Waals surface area contributed by atoms with Crippen LogP contribution in [-0.2, 0) is 19.6 Å². The van der Waals surface area contributed by atoms with Gasteiger partial charge < -0.3 is 9.88 Å². The van der Waals surface area contributed by atoms with E-state index in [0.29, 0.717) is 19.6 Å². The number of hydrogen-bond donors (Lipinski definition) is 1. The first-order valence-electron chi connectivity index (χ1n) is 6.68. The highest BCUT2D eigenvalue weighted by Crippen LogP contribution is 2.14. The number of aromatic nitrogens is 2. The molecular formula is C14H19N3O2S. The van der Waals surface area contributed by atoms with Crippen LogP contribution in [0, 0.1) is 6.92 Å². The van der Waals surface area contributed by atoms with Crippen molar-refractivity contribution in [2.45, 2.75) is 33.5 Å². The van der Waals surface area contributed by atoms with E-state index in [9.17, 15) is 9.59 Å².